The van der Waals surface area contributed by atoms with Crippen LogP contribution >= 0.6 is 0 Å². The second kappa shape index (κ2) is 6.22. The van der Waals surface area contributed by atoms with Gasteiger partial charge in [0.25, 0.3) is 0 Å². The van der Waals surface area contributed by atoms with Gasteiger partial charge in [-0.05, 0) is 36.2 Å². The third-order valence-corrected chi connectivity index (χ3v) is 3.15. The van der Waals surface area contributed by atoms with Crippen LogP contribution in [-0.4, -0.2) is 13.7 Å². The van der Waals surface area contributed by atoms with E-state index in [9.17, 15) is 0 Å². The lowest BCUT2D eigenvalue weighted by molar-refractivity contribution is 0.414. The van der Waals surface area contributed by atoms with Gasteiger partial charge in [0.2, 0.25) is 0 Å². The minimum absolute atomic E-state index is 0.339. The Hall–Kier alpha value is -1.80. The highest BCUT2D eigenvalue weighted by atomic mass is 16.5. The Bertz CT molecular complexity index is 481. The van der Waals surface area contributed by atoms with Crippen LogP contribution in [-0.2, 0) is 0 Å². The summed E-state index contributed by atoms with van der Waals surface area (Å²) >= 11 is 0. The summed E-state index contributed by atoms with van der Waals surface area (Å²) < 4.78 is 5.29. The molecule has 0 aliphatic heterocycles. The molecule has 2 aromatic rings. The van der Waals surface area contributed by atoms with Gasteiger partial charge in [0, 0.05) is 5.92 Å². The van der Waals surface area contributed by atoms with Crippen molar-refractivity contribution in [1.29, 1.82) is 0 Å². The molecule has 0 bridgehead atoms. The molecule has 2 heteroatoms. The number of nitrogens with two attached hydrogens (primary N) is 1. The number of hydrogen-bond donors (Lipinski definition) is 1. The Balaban J connectivity index is 2.35. The molecule has 1 atom stereocenters. The lowest BCUT2D eigenvalue weighted by Crippen LogP contribution is -2.08. The lowest BCUT2D eigenvalue weighted by Gasteiger charge is -2.17. The summed E-state index contributed by atoms with van der Waals surface area (Å²) in [6, 6.07) is 18.7. The van der Waals surface area contributed by atoms with Crippen LogP contribution in [0.5, 0.6) is 5.75 Å². The summed E-state index contributed by atoms with van der Waals surface area (Å²) in [5.41, 5.74) is 8.30. The van der Waals surface area contributed by atoms with Gasteiger partial charge in [-0.15, -0.1) is 0 Å². The molecule has 2 aromatic carbocycles. The molecular formula is C16H19NO. The van der Waals surface area contributed by atoms with E-state index in [1.165, 1.54) is 11.1 Å². The molecule has 0 radical (unpaired) electrons. The summed E-state index contributed by atoms with van der Waals surface area (Å²) in [5, 5.41) is 0. The van der Waals surface area contributed by atoms with Crippen LogP contribution in [0.2, 0.25) is 0 Å². The summed E-state index contributed by atoms with van der Waals surface area (Å²) in [6.45, 7) is 0.677. The Morgan fingerprint density at radius 1 is 1.00 bits per heavy atom. The van der Waals surface area contributed by atoms with E-state index < -0.39 is 0 Å². The Morgan fingerprint density at radius 3 is 2.39 bits per heavy atom. The van der Waals surface area contributed by atoms with E-state index in [2.05, 4.69) is 36.4 Å². The van der Waals surface area contributed by atoms with Gasteiger partial charge in [-0.25, -0.2) is 0 Å². The van der Waals surface area contributed by atoms with Crippen LogP contribution in [0.25, 0.3) is 0 Å². The molecular weight excluding hydrogens is 222 g/mol. The molecule has 0 heterocycles. The van der Waals surface area contributed by atoms with Crippen LogP contribution < -0.4 is 10.5 Å². The molecule has 94 valence electrons. The monoisotopic (exact) mass is 241 g/mol. The van der Waals surface area contributed by atoms with Crippen molar-refractivity contribution in [2.24, 2.45) is 5.73 Å². The van der Waals surface area contributed by atoms with Crippen molar-refractivity contribution in [2.45, 2.75) is 12.3 Å². The second-order valence-electron chi connectivity index (χ2n) is 4.32. The van der Waals surface area contributed by atoms with Crippen LogP contribution in [0.4, 0.5) is 0 Å². The molecule has 2 nitrogen and oxygen atoms in total. The van der Waals surface area contributed by atoms with Crippen molar-refractivity contribution in [1.82, 2.24) is 0 Å². The molecule has 0 spiro atoms. The average molecular weight is 241 g/mol. The third-order valence-electron chi connectivity index (χ3n) is 3.15. The van der Waals surface area contributed by atoms with Crippen molar-refractivity contribution < 1.29 is 4.74 Å². The fourth-order valence-electron chi connectivity index (χ4n) is 2.24. The highest BCUT2D eigenvalue weighted by molar-refractivity contribution is 5.37. The van der Waals surface area contributed by atoms with Gasteiger partial charge in [-0.1, -0.05) is 42.5 Å². The molecule has 0 aliphatic carbocycles. The van der Waals surface area contributed by atoms with E-state index in [4.69, 9.17) is 10.5 Å². The minimum Gasteiger partial charge on any atom is -0.497 e. The topological polar surface area (TPSA) is 35.2 Å². The molecule has 0 fully saturated rings. The van der Waals surface area contributed by atoms with Crippen molar-refractivity contribution in [2.75, 3.05) is 13.7 Å². The van der Waals surface area contributed by atoms with E-state index in [1.807, 2.05) is 18.2 Å². The smallest absolute Gasteiger partial charge is 0.119 e. The maximum absolute atomic E-state index is 5.74. The van der Waals surface area contributed by atoms with Crippen molar-refractivity contribution in [3.8, 4) is 5.75 Å². The van der Waals surface area contributed by atoms with Gasteiger partial charge < -0.3 is 10.5 Å². The first-order chi connectivity index (χ1) is 8.85. The zero-order valence-electron chi connectivity index (χ0n) is 10.7. The van der Waals surface area contributed by atoms with E-state index >= 15 is 0 Å². The molecule has 1 unspecified atom stereocenters. The standard InChI is InChI=1S/C16H19NO/c1-18-15-9-5-8-14(12-15)16(10-11-17)13-6-3-2-4-7-13/h2-9,12,16H,10-11,17H2,1H3. The highest BCUT2D eigenvalue weighted by Gasteiger charge is 2.13. The summed E-state index contributed by atoms with van der Waals surface area (Å²) in [7, 11) is 1.69. The fraction of sp³-hybridized carbons (Fsp3) is 0.250. The zero-order chi connectivity index (χ0) is 12.8. The number of rotatable bonds is 5. The highest BCUT2D eigenvalue weighted by Crippen LogP contribution is 2.29. The second-order valence-corrected chi connectivity index (χ2v) is 4.32. The van der Waals surface area contributed by atoms with E-state index in [0.717, 1.165) is 12.2 Å². The number of hydrogen-bond acceptors (Lipinski definition) is 2. The predicted octanol–water partition coefficient (Wildman–Crippen LogP) is 3.18. The predicted molar refractivity (Wildman–Crippen MR) is 75.0 cm³/mol. The fourth-order valence-corrected chi connectivity index (χ4v) is 2.24. The quantitative estimate of drug-likeness (QED) is 0.872. The molecule has 2 rings (SSSR count). The number of methoxy groups -OCH3 is 1. The van der Waals surface area contributed by atoms with Gasteiger partial charge in [0.15, 0.2) is 0 Å². The molecule has 0 aromatic heterocycles. The maximum atomic E-state index is 5.74. The van der Waals surface area contributed by atoms with Crippen molar-refractivity contribution in [3.63, 3.8) is 0 Å². The molecule has 18 heavy (non-hydrogen) atoms. The maximum Gasteiger partial charge on any atom is 0.119 e. The lowest BCUT2D eigenvalue weighted by atomic mass is 9.88. The van der Waals surface area contributed by atoms with E-state index in [0.29, 0.717) is 12.5 Å². The van der Waals surface area contributed by atoms with E-state index in [1.54, 1.807) is 7.11 Å². The van der Waals surface area contributed by atoms with Crippen LogP contribution in [0.3, 0.4) is 0 Å². The first kappa shape index (κ1) is 12.7. The van der Waals surface area contributed by atoms with Crippen LogP contribution in [0.1, 0.15) is 23.5 Å². The van der Waals surface area contributed by atoms with Crippen LogP contribution in [0.15, 0.2) is 54.6 Å². The van der Waals surface area contributed by atoms with Crippen molar-refractivity contribution in [3.05, 3.63) is 65.7 Å². The van der Waals surface area contributed by atoms with Gasteiger partial charge in [0.1, 0.15) is 5.75 Å². The van der Waals surface area contributed by atoms with E-state index in [-0.39, 0.29) is 0 Å². The third kappa shape index (κ3) is 2.90. The van der Waals surface area contributed by atoms with Crippen molar-refractivity contribution >= 4 is 0 Å². The Labute approximate surface area is 108 Å². The summed E-state index contributed by atoms with van der Waals surface area (Å²) in [5.74, 6) is 1.23. The Kier molecular flexibility index (Phi) is 4.37. The number of benzene rings is 2. The van der Waals surface area contributed by atoms with Gasteiger partial charge in [-0.2, -0.15) is 0 Å². The van der Waals surface area contributed by atoms with Gasteiger partial charge in [0.05, 0.1) is 7.11 Å². The van der Waals surface area contributed by atoms with Crippen LogP contribution in [0, 0.1) is 0 Å². The average Bonchev–Trinajstić information content (AvgIpc) is 2.46. The van der Waals surface area contributed by atoms with Gasteiger partial charge in [-0.3, -0.25) is 0 Å². The zero-order valence-corrected chi connectivity index (χ0v) is 10.7. The summed E-state index contributed by atoms with van der Waals surface area (Å²) in [6.07, 6.45) is 0.942. The molecule has 0 saturated carbocycles. The minimum atomic E-state index is 0.339. The molecule has 0 aliphatic rings. The first-order valence-corrected chi connectivity index (χ1v) is 6.24. The molecule has 0 amide bonds. The largest absolute Gasteiger partial charge is 0.497 e. The van der Waals surface area contributed by atoms with Gasteiger partial charge >= 0.3 is 0 Å². The first-order valence-electron chi connectivity index (χ1n) is 6.24. The molecule has 0 saturated heterocycles. The molecule has 2 N–H and O–H groups in total. The normalized spacial score (nSPS) is 12.1. The summed E-state index contributed by atoms with van der Waals surface area (Å²) in [4.78, 5) is 0. The number of ether oxygens (including phenoxy) is 1. The SMILES string of the molecule is COc1cccc(C(CCN)c2ccccc2)c1. The Morgan fingerprint density at radius 2 is 1.72 bits per heavy atom.